The Kier molecular flexibility index (Phi) is 3.97. The van der Waals surface area contributed by atoms with Crippen LogP contribution in [0.4, 0.5) is 0 Å². The van der Waals surface area contributed by atoms with Gasteiger partial charge in [-0.05, 0) is 24.3 Å². The first-order chi connectivity index (χ1) is 11.9. The molecular formula is C16H19N3O4S2. The summed E-state index contributed by atoms with van der Waals surface area (Å²) in [4.78, 5) is 15.8. The van der Waals surface area contributed by atoms with E-state index in [2.05, 4.69) is 5.16 Å². The zero-order chi connectivity index (χ0) is 17.7. The first kappa shape index (κ1) is 16.7. The zero-order valence-corrected chi connectivity index (χ0v) is 15.5. The van der Waals surface area contributed by atoms with Gasteiger partial charge in [0.1, 0.15) is 0 Å². The summed E-state index contributed by atoms with van der Waals surface area (Å²) in [5.41, 5.74) is 0.0955. The Morgan fingerprint density at radius 2 is 2.00 bits per heavy atom. The fourth-order valence-electron chi connectivity index (χ4n) is 3.27. The predicted octanol–water partition coefficient (Wildman–Crippen LogP) is 1.54. The van der Waals surface area contributed by atoms with Crippen LogP contribution in [-0.4, -0.2) is 61.1 Å². The van der Waals surface area contributed by atoms with Gasteiger partial charge in [0.25, 0.3) is 0 Å². The summed E-state index contributed by atoms with van der Waals surface area (Å²) in [5.74, 6) is 0.720. The number of carbonyl (C=O) groups is 1. The quantitative estimate of drug-likeness (QED) is 0.802. The molecule has 0 N–H and O–H groups in total. The Morgan fingerprint density at radius 3 is 2.56 bits per heavy atom. The van der Waals surface area contributed by atoms with Gasteiger partial charge in [-0.3, -0.25) is 4.79 Å². The van der Waals surface area contributed by atoms with E-state index >= 15 is 0 Å². The number of sulfonamides is 1. The molecular weight excluding hydrogens is 362 g/mol. The topological polar surface area (TPSA) is 83.7 Å². The van der Waals surface area contributed by atoms with Gasteiger partial charge in [-0.2, -0.15) is 4.31 Å². The van der Waals surface area contributed by atoms with Crippen LogP contribution in [0.2, 0.25) is 0 Å². The minimum Gasteiger partial charge on any atom is -0.355 e. The number of amides is 1. The van der Waals surface area contributed by atoms with E-state index in [1.807, 2.05) is 23.6 Å². The van der Waals surface area contributed by atoms with E-state index in [9.17, 15) is 13.2 Å². The summed E-state index contributed by atoms with van der Waals surface area (Å²) >= 11 is 1.57. The lowest BCUT2D eigenvalue weighted by atomic mass is 9.99. The second kappa shape index (κ2) is 5.93. The van der Waals surface area contributed by atoms with E-state index < -0.39 is 15.4 Å². The molecule has 2 aromatic heterocycles. The van der Waals surface area contributed by atoms with Crippen molar-refractivity contribution >= 4 is 27.3 Å². The molecule has 1 saturated carbocycles. The van der Waals surface area contributed by atoms with Gasteiger partial charge in [-0.15, -0.1) is 11.3 Å². The summed E-state index contributed by atoms with van der Waals surface area (Å²) < 4.78 is 30.1. The van der Waals surface area contributed by atoms with Crippen LogP contribution in [0.25, 0.3) is 10.6 Å². The fourth-order valence-corrected chi connectivity index (χ4v) is 4.77. The molecule has 0 bridgehead atoms. The van der Waals surface area contributed by atoms with Crippen LogP contribution < -0.4 is 0 Å². The van der Waals surface area contributed by atoms with Crippen LogP contribution >= 0.6 is 11.3 Å². The number of piperazine rings is 1. The van der Waals surface area contributed by atoms with Crippen molar-refractivity contribution in [3.05, 3.63) is 29.3 Å². The number of aromatic nitrogens is 1. The third-order valence-electron chi connectivity index (χ3n) is 4.92. The van der Waals surface area contributed by atoms with E-state index in [-0.39, 0.29) is 5.91 Å². The number of carbonyl (C=O) groups excluding carboxylic acids is 1. The lowest BCUT2D eigenvalue weighted by Crippen LogP contribution is -2.52. The predicted molar refractivity (Wildman–Crippen MR) is 93.7 cm³/mol. The molecule has 9 heteroatoms. The summed E-state index contributed by atoms with van der Waals surface area (Å²) in [6, 6.07) is 5.77. The van der Waals surface area contributed by atoms with Crippen LogP contribution in [0.3, 0.4) is 0 Å². The van der Waals surface area contributed by atoms with Gasteiger partial charge in [-0.25, -0.2) is 8.42 Å². The molecule has 0 unspecified atom stereocenters. The second-order valence-electron chi connectivity index (χ2n) is 6.59. The van der Waals surface area contributed by atoms with E-state index in [1.54, 1.807) is 16.2 Å². The maximum Gasteiger partial charge on any atom is 0.235 e. The van der Waals surface area contributed by atoms with E-state index in [1.165, 1.54) is 10.6 Å². The van der Waals surface area contributed by atoms with Crippen molar-refractivity contribution in [3.63, 3.8) is 0 Å². The lowest BCUT2D eigenvalue weighted by molar-refractivity contribution is -0.135. The Labute approximate surface area is 150 Å². The number of thiophene rings is 1. The summed E-state index contributed by atoms with van der Waals surface area (Å²) in [5, 5.41) is 6.12. The fraction of sp³-hybridized carbons (Fsp3) is 0.500. The maximum atomic E-state index is 13.0. The minimum atomic E-state index is -3.20. The molecule has 1 saturated heterocycles. The van der Waals surface area contributed by atoms with Crippen molar-refractivity contribution < 1.29 is 17.7 Å². The van der Waals surface area contributed by atoms with Gasteiger partial charge in [0.2, 0.25) is 15.9 Å². The second-order valence-corrected chi connectivity index (χ2v) is 9.52. The van der Waals surface area contributed by atoms with Gasteiger partial charge in [-0.1, -0.05) is 11.2 Å². The summed E-state index contributed by atoms with van der Waals surface area (Å²) in [6.45, 7) is 1.53. The summed E-state index contributed by atoms with van der Waals surface area (Å²) in [6.07, 6.45) is 2.72. The molecule has 7 nitrogen and oxygen atoms in total. The first-order valence-corrected chi connectivity index (χ1v) is 10.9. The molecule has 134 valence electrons. The molecule has 0 spiro atoms. The van der Waals surface area contributed by atoms with Gasteiger partial charge in [0.05, 0.1) is 22.2 Å². The molecule has 2 aromatic rings. The van der Waals surface area contributed by atoms with E-state index in [0.717, 1.165) is 17.7 Å². The van der Waals surface area contributed by atoms with E-state index in [4.69, 9.17) is 4.52 Å². The van der Waals surface area contributed by atoms with Crippen molar-refractivity contribution in [1.29, 1.82) is 0 Å². The highest BCUT2D eigenvalue weighted by atomic mass is 32.2. The Bertz CT molecular complexity index is 876. The van der Waals surface area contributed by atoms with Crippen molar-refractivity contribution in [2.45, 2.75) is 18.3 Å². The Balaban J connectivity index is 1.49. The standard InChI is InChI=1S/C16H19N3O4S2/c1-25(21,22)19-8-6-18(7-9-19)15(20)16(4-5-16)14-11-12(23-17-14)13-3-2-10-24-13/h2-3,10-11H,4-9H2,1H3. The zero-order valence-electron chi connectivity index (χ0n) is 13.8. The molecule has 1 amide bonds. The first-order valence-electron chi connectivity index (χ1n) is 8.16. The van der Waals surface area contributed by atoms with Crippen LogP contribution in [0, 0.1) is 0 Å². The Hall–Kier alpha value is -1.71. The number of rotatable bonds is 4. The molecule has 0 aromatic carbocycles. The normalized spacial score (nSPS) is 20.6. The van der Waals surface area contributed by atoms with Crippen molar-refractivity contribution in [1.82, 2.24) is 14.4 Å². The highest BCUT2D eigenvalue weighted by molar-refractivity contribution is 7.88. The van der Waals surface area contributed by atoms with Crippen molar-refractivity contribution in [2.24, 2.45) is 0 Å². The minimum absolute atomic E-state index is 0.0340. The van der Waals surface area contributed by atoms with Gasteiger partial charge >= 0.3 is 0 Å². The third-order valence-corrected chi connectivity index (χ3v) is 7.11. The van der Waals surface area contributed by atoms with E-state index in [0.29, 0.717) is 37.6 Å². The van der Waals surface area contributed by atoms with Crippen LogP contribution in [0.1, 0.15) is 18.5 Å². The SMILES string of the molecule is CS(=O)(=O)N1CCN(C(=O)C2(c3cc(-c4cccs4)on3)CC2)CC1. The van der Waals surface area contributed by atoms with Crippen LogP contribution in [0.15, 0.2) is 28.1 Å². The van der Waals surface area contributed by atoms with Crippen LogP contribution in [0.5, 0.6) is 0 Å². The molecule has 0 radical (unpaired) electrons. The smallest absolute Gasteiger partial charge is 0.235 e. The maximum absolute atomic E-state index is 13.0. The molecule has 1 aliphatic heterocycles. The molecule has 2 aliphatic rings. The molecule has 2 fully saturated rings. The summed E-state index contributed by atoms with van der Waals surface area (Å²) in [7, 11) is -3.20. The monoisotopic (exact) mass is 381 g/mol. The Morgan fingerprint density at radius 1 is 1.28 bits per heavy atom. The van der Waals surface area contributed by atoms with Gasteiger partial charge in [0.15, 0.2) is 5.76 Å². The highest BCUT2D eigenvalue weighted by Gasteiger charge is 2.55. The van der Waals surface area contributed by atoms with Gasteiger partial charge in [0, 0.05) is 32.2 Å². The highest BCUT2D eigenvalue weighted by Crippen LogP contribution is 2.50. The average Bonchev–Trinajstić information content (AvgIpc) is 3.02. The lowest BCUT2D eigenvalue weighted by Gasteiger charge is -2.35. The number of hydrogen-bond donors (Lipinski definition) is 0. The molecule has 1 aliphatic carbocycles. The molecule has 4 rings (SSSR count). The largest absolute Gasteiger partial charge is 0.355 e. The van der Waals surface area contributed by atoms with Crippen molar-refractivity contribution in [2.75, 3.05) is 32.4 Å². The van der Waals surface area contributed by atoms with Crippen molar-refractivity contribution in [3.8, 4) is 10.6 Å². The number of hydrogen-bond acceptors (Lipinski definition) is 6. The number of nitrogens with zero attached hydrogens (tertiary/aromatic N) is 3. The molecule has 3 heterocycles. The van der Waals surface area contributed by atoms with Crippen LogP contribution in [-0.2, 0) is 20.2 Å². The average molecular weight is 381 g/mol. The molecule has 0 atom stereocenters. The molecule has 25 heavy (non-hydrogen) atoms. The van der Waals surface area contributed by atoms with Gasteiger partial charge < -0.3 is 9.42 Å². The third kappa shape index (κ3) is 3.00.